The average Bonchev–Trinajstić information content (AvgIpc) is 3.18. The second-order valence-corrected chi connectivity index (χ2v) is 6.87. The summed E-state index contributed by atoms with van der Waals surface area (Å²) in [6.45, 7) is 0. The first-order chi connectivity index (χ1) is 9.78. The number of nitrogens with one attached hydrogen (secondary N) is 1. The Kier molecular flexibility index (Phi) is 4.03. The standard InChI is InChI=1S/C16H17NOS2/c18-15(6-5-13-7-11-19-12-13)17-16(8-1-2-9-16)14-4-3-10-20-14/h3-7,10-12H,1-2,8-9H2,(H,17,18)/b6-5+. The van der Waals surface area contributed by atoms with Crippen LogP contribution in [-0.2, 0) is 10.3 Å². The number of amides is 1. The van der Waals surface area contributed by atoms with E-state index in [0.29, 0.717) is 0 Å². The van der Waals surface area contributed by atoms with Crippen molar-refractivity contribution in [2.45, 2.75) is 31.2 Å². The zero-order chi connectivity index (χ0) is 13.8. The van der Waals surface area contributed by atoms with E-state index in [9.17, 15) is 4.79 Å². The fraction of sp³-hybridized carbons (Fsp3) is 0.312. The van der Waals surface area contributed by atoms with Crippen molar-refractivity contribution in [3.05, 3.63) is 50.9 Å². The second-order valence-electron chi connectivity index (χ2n) is 5.15. The summed E-state index contributed by atoms with van der Waals surface area (Å²) in [6, 6.07) is 6.21. The molecule has 1 saturated carbocycles. The van der Waals surface area contributed by atoms with Crippen LogP contribution in [0.5, 0.6) is 0 Å². The van der Waals surface area contributed by atoms with Crippen LogP contribution in [0.25, 0.3) is 6.08 Å². The Morgan fingerprint density at radius 2 is 2.10 bits per heavy atom. The van der Waals surface area contributed by atoms with Gasteiger partial charge in [0.2, 0.25) is 5.91 Å². The fourth-order valence-electron chi connectivity index (χ4n) is 2.78. The van der Waals surface area contributed by atoms with Crippen LogP contribution in [0.1, 0.15) is 36.1 Å². The molecule has 3 rings (SSSR count). The maximum absolute atomic E-state index is 12.2. The lowest BCUT2D eigenvalue weighted by atomic mass is 9.95. The average molecular weight is 303 g/mol. The summed E-state index contributed by atoms with van der Waals surface area (Å²) >= 11 is 3.38. The number of hydrogen-bond acceptors (Lipinski definition) is 3. The van der Waals surface area contributed by atoms with Gasteiger partial charge in [-0.1, -0.05) is 18.9 Å². The van der Waals surface area contributed by atoms with Crippen molar-refractivity contribution in [3.63, 3.8) is 0 Å². The number of carbonyl (C=O) groups is 1. The van der Waals surface area contributed by atoms with Gasteiger partial charge < -0.3 is 5.32 Å². The van der Waals surface area contributed by atoms with Gasteiger partial charge in [-0.3, -0.25) is 4.79 Å². The minimum atomic E-state index is -0.135. The molecule has 20 heavy (non-hydrogen) atoms. The molecule has 2 aromatic heterocycles. The van der Waals surface area contributed by atoms with E-state index >= 15 is 0 Å². The number of rotatable bonds is 4. The number of hydrogen-bond donors (Lipinski definition) is 1. The van der Waals surface area contributed by atoms with Crippen LogP contribution in [0.15, 0.2) is 40.4 Å². The van der Waals surface area contributed by atoms with E-state index in [4.69, 9.17) is 0 Å². The SMILES string of the molecule is O=C(/C=C/c1ccsc1)NC1(c2cccs2)CCCC1. The van der Waals surface area contributed by atoms with E-state index in [1.165, 1.54) is 17.7 Å². The zero-order valence-electron chi connectivity index (χ0n) is 11.2. The Bertz CT molecular complexity index is 578. The van der Waals surface area contributed by atoms with Gasteiger partial charge in [0, 0.05) is 11.0 Å². The molecular weight excluding hydrogens is 286 g/mol. The van der Waals surface area contributed by atoms with Crippen molar-refractivity contribution >= 4 is 34.7 Å². The molecule has 1 N–H and O–H groups in total. The van der Waals surface area contributed by atoms with Gasteiger partial charge in [-0.2, -0.15) is 11.3 Å². The largest absolute Gasteiger partial charge is 0.342 e. The van der Waals surface area contributed by atoms with Crippen molar-refractivity contribution < 1.29 is 4.79 Å². The third-order valence-electron chi connectivity index (χ3n) is 3.78. The highest BCUT2D eigenvalue weighted by Gasteiger charge is 2.37. The Morgan fingerprint density at radius 3 is 2.75 bits per heavy atom. The minimum absolute atomic E-state index is 0.00602. The van der Waals surface area contributed by atoms with Crippen molar-refractivity contribution in [1.82, 2.24) is 5.32 Å². The summed E-state index contributed by atoms with van der Waals surface area (Å²) < 4.78 is 0. The molecule has 4 heteroatoms. The summed E-state index contributed by atoms with van der Waals surface area (Å²) in [5, 5.41) is 9.38. The second kappa shape index (κ2) is 5.94. The first-order valence-electron chi connectivity index (χ1n) is 6.85. The lowest BCUT2D eigenvalue weighted by Crippen LogP contribution is -2.42. The van der Waals surface area contributed by atoms with Crippen LogP contribution in [-0.4, -0.2) is 5.91 Å². The summed E-state index contributed by atoms with van der Waals surface area (Å²) in [4.78, 5) is 13.5. The van der Waals surface area contributed by atoms with E-state index in [1.807, 2.05) is 22.9 Å². The van der Waals surface area contributed by atoms with Gasteiger partial charge in [-0.15, -0.1) is 11.3 Å². The molecule has 2 aromatic rings. The third-order valence-corrected chi connectivity index (χ3v) is 5.56. The Morgan fingerprint density at radius 1 is 1.25 bits per heavy atom. The molecule has 2 nitrogen and oxygen atoms in total. The molecule has 0 atom stereocenters. The molecular formula is C16H17NOS2. The van der Waals surface area contributed by atoms with Crippen molar-refractivity contribution in [2.75, 3.05) is 0 Å². The molecule has 0 saturated heterocycles. The number of carbonyl (C=O) groups excluding carboxylic acids is 1. The highest BCUT2D eigenvalue weighted by molar-refractivity contribution is 7.10. The molecule has 0 aromatic carbocycles. The van der Waals surface area contributed by atoms with Crippen LogP contribution in [0.3, 0.4) is 0 Å². The summed E-state index contributed by atoms with van der Waals surface area (Å²) in [7, 11) is 0. The predicted molar refractivity (Wildman–Crippen MR) is 86.0 cm³/mol. The molecule has 1 fully saturated rings. The molecule has 104 valence electrons. The van der Waals surface area contributed by atoms with Crippen molar-refractivity contribution in [3.8, 4) is 0 Å². The Hall–Kier alpha value is -1.39. The van der Waals surface area contributed by atoms with E-state index in [0.717, 1.165) is 18.4 Å². The summed E-state index contributed by atoms with van der Waals surface area (Å²) in [5.74, 6) is 0.00602. The normalized spacial score (nSPS) is 17.6. The molecule has 1 aliphatic carbocycles. The van der Waals surface area contributed by atoms with Gasteiger partial charge in [-0.25, -0.2) is 0 Å². The summed E-state index contributed by atoms with van der Waals surface area (Å²) in [6.07, 6.45) is 7.99. The van der Waals surface area contributed by atoms with Gasteiger partial charge in [-0.05, 0) is 52.8 Å². The van der Waals surface area contributed by atoms with Crippen molar-refractivity contribution in [1.29, 1.82) is 0 Å². The van der Waals surface area contributed by atoms with Gasteiger partial charge in [0.15, 0.2) is 0 Å². The zero-order valence-corrected chi connectivity index (χ0v) is 12.8. The highest BCUT2D eigenvalue weighted by Crippen LogP contribution is 2.40. The quantitative estimate of drug-likeness (QED) is 0.833. The van der Waals surface area contributed by atoms with E-state index < -0.39 is 0 Å². The van der Waals surface area contributed by atoms with E-state index in [2.05, 4.69) is 22.8 Å². The molecule has 0 aliphatic heterocycles. The molecule has 1 amide bonds. The van der Waals surface area contributed by atoms with Crippen LogP contribution < -0.4 is 5.32 Å². The molecule has 1 aliphatic rings. The third kappa shape index (κ3) is 2.86. The lowest BCUT2D eigenvalue weighted by molar-refractivity contribution is -0.118. The van der Waals surface area contributed by atoms with Crippen molar-refractivity contribution in [2.24, 2.45) is 0 Å². The molecule has 2 heterocycles. The maximum Gasteiger partial charge on any atom is 0.244 e. The Labute approximate surface area is 127 Å². The minimum Gasteiger partial charge on any atom is -0.342 e. The Balaban J connectivity index is 1.73. The van der Waals surface area contributed by atoms with E-state index in [-0.39, 0.29) is 11.4 Å². The topological polar surface area (TPSA) is 29.1 Å². The highest BCUT2D eigenvalue weighted by atomic mass is 32.1. The first-order valence-corrected chi connectivity index (χ1v) is 8.67. The van der Waals surface area contributed by atoms with E-state index in [1.54, 1.807) is 28.7 Å². The van der Waals surface area contributed by atoms with Crippen LogP contribution in [0.4, 0.5) is 0 Å². The van der Waals surface area contributed by atoms with Crippen LogP contribution in [0.2, 0.25) is 0 Å². The van der Waals surface area contributed by atoms with Crippen LogP contribution >= 0.6 is 22.7 Å². The van der Waals surface area contributed by atoms with Crippen LogP contribution in [0, 0.1) is 0 Å². The first kappa shape index (κ1) is 13.6. The van der Waals surface area contributed by atoms with Gasteiger partial charge >= 0.3 is 0 Å². The lowest BCUT2D eigenvalue weighted by Gasteiger charge is -2.28. The number of thiophene rings is 2. The monoisotopic (exact) mass is 303 g/mol. The van der Waals surface area contributed by atoms with Gasteiger partial charge in [0.25, 0.3) is 0 Å². The van der Waals surface area contributed by atoms with Gasteiger partial charge in [0.1, 0.15) is 0 Å². The maximum atomic E-state index is 12.2. The summed E-state index contributed by atoms with van der Waals surface area (Å²) in [5.41, 5.74) is 0.950. The molecule has 0 unspecified atom stereocenters. The molecule has 0 spiro atoms. The molecule has 0 radical (unpaired) electrons. The molecule has 0 bridgehead atoms. The van der Waals surface area contributed by atoms with Gasteiger partial charge in [0.05, 0.1) is 5.54 Å². The fourth-order valence-corrected chi connectivity index (χ4v) is 4.35. The predicted octanol–water partition coefficient (Wildman–Crippen LogP) is 4.41. The smallest absolute Gasteiger partial charge is 0.244 e.